The number of aryl methyl sites for hydroxylation is 1. The smallest absolute Gasteiger partial charge is 0.123 e. The fourth-order valence-corrected chi connectivity index (χ4v) is 3.06. The second kappa shape index (κ2) is 4.48. The zero-order valence-electron chi connectivity index (χ0n) is 10.6. The van der Waals surface area contributed by atoms with E-state index in [4.69, 9.17) is 5.73 Å². The van der Waals surface area contributed by atoms with Crippen LogP contribution in [0, 0.1) is 0 Å². The lowest BCUT2D eigenvalue weighted by atomic mass is 10.1. The lowest BCUT2D eigenvalue weighted by molar-refractivity contribution is 0.715. The van der Waals surface area contributed by atoms with Gasteiger partial charge in [-0.2, -0.15) is 0 Å². The molecule has 2 aromatic rings. The van der Waals surface area contributed by atoms with Gasteiger partial charge >= 0.3 is 0 Å². The highest BCUT2D eigenvalue weighted by molar-refractivity contribution is 7.13. The van der Waals surface area contributed by atoms with Gasteiger partial charge in [0.1, 0.15) is 5.01 Å². The average molecular weight is 258 g/mol. The summed E-state index contributed by atoms with van der Waals surface area (Å²) in [6.45, 7) is 2.21. The van der Waals surface area contributed by atoms with Gasteiger partial charge in [0.2, 0.25) is 0 Å². The van der Waals surface area contributed by atoms with Gasteiger partial charge in [0.15, 0.2) is 0 Å². The van der Waals surface area contributed by atoms with Gasteiger partial charge < -0.3 is 5.73 Å². The fourth-order valence-electron chi connectivity index (χ4n) is 2.13. The van der Waals surface area contributed by atoms with Crippen LogP contribution in [-0.2, 0) is 12.0 Å². The van der Waals surface area contributed by atoms with Crippen LogP contribution in [0.25, 0.3) is 10.6 Å². The number of hydrogen-bond acceptors (Lipinski definition) is 3. The highest BCUT2D eigenvalue weighted by Crippen LogP contribution is 2.43. The Balaban J connectivity index is 1.83. The van der Waals surface area contributed by atoms with Gasteiger partial charge in [0, 0.05) is 10.9 Å². The Labute approximate surface area is 112 Å². The Bertz CT molecular complexity index is 538. The van der Waals surface area contributed by atoms with Crippen LogP contribution >= 0.6 is 11.3 Å². The minimum Gasteiger partial charge on any atom is -0.320 e. The Kier molecular flexibility index (Phi) is 2.96. The molecule has 1 aliphatic carbocycles. The second-order valence-corrected chi connectivity index (χ2v) is 6.00. The third kappa shape index (κ3) is 2.20. The lowest BCUT2D eigenvalue weighted by Crippen LogP contribution is -2.18. The molecule has 0 atom stereocenters. The number of nitrogens with zero attached hydrogens (tertiary/aromatic N) is 1. The summed E-state index contributed by atoms with van der Waals surface area (Å²) in [7, 11) is 0. The first-order valence-electron chi connectivity index (χ1n) is 6.55. The van der Waals surface area contributed by atoms with Crippen molar-refractivity contribution in [2.75, 3.05) is 0 Å². The quantitative estimate of drug-likeness (QED) is 0.908. The molecule has 0 unspecified atom stereocenters. The zero-order chi connectivity index (χ0) is 12.6. The van der Waals surface area contributed by atoms with Crippen LogP contribution in [0.5, 0.6) is 0 Å². The first-order chi connectivity index (χ1) is 8.71. The number of thiazole rings is 1. The predicted octanol–water partition coefficient (Wildman–Crippen LogP) is 3.71. The van der Waals surface area contributed by atoms with Crippen LogP contribution in [0.1, 0.15) is 37.4 Å². The Morgan fingerprint density at radius 3 is 2.61 bits per heavy atom. The molecule has 2 N–H and O–H groups in total. The molecule has 3 rings (SSSR count). The maximum absolute atomic E-state index is 6.17. The maximum atomic E-state index is 6.17. The highest BCUT2D eigenvalue weighted by atomic mass is 32.1. The Hall–Kier alpha value is -1.19. The van der Waals surface area contributed by atoms with E-state index in [-0.39, 0.29) is 5.54 Å². The van der Waals surface area contributed by atoms with Crippen LogP contribution in [0.15, 0.2) is 29.6 Å². The highest BCUT2D eigenvalue weighted by Gasteiger charge is 2.42. The number of rotatable bonds is 4. The molecule has 0 radical (unpaired) electrons. The molecule has 1 aromatic heterocycles. The average Bonchev–Trinajstić information content (AvgIpc) is 2.95. The summed E-state index contributed by atoms with van der Waals surface area (Å²) < 4.78 is 0. The molecular formula is C15H18N2S. The topological polar surface area (TPSA) is 38.9 Å². The Morgan fingerprint density at radius 2 is 2.00 bits per heavy atom. The number of benzene rings is 1. The van der Waals surface area contributed by atoms with E-state index >= 15 is 0 Å². The zero-order valence-corrected chi connectivity index (χ0v) is 11.5. The largest absolute Gasteiger partial charge is 0.320 e. The van der Waals surface area contributed by atoms with Gasteiger partial charge in [-0.25, -0.2) is 4.98 Å². The second-order valence-electron chi connectivity index (χ2n) is 5.14. The number of hydrogen-bond donors (Lipinski definition) is 1. The van der Waals surface area contributed by atoms with Crippen molar-refractivity contribution in [2.24, 2.45) is 5.73 Å². The van der Waals surface area contributed by atoms with Gasteiger partial charge in [0.05, 0.1) is 11.2 Å². The van der Waals surface area contributed by atoms with Crippen LogP contribution in [-0.4, -0.2) is 4.98 Å². The van der Waals surface area contributed by atoms with E-state index in [1.807, 2.05) is 0 Å². The molecule has 1 saturated carbocycles. The van der Waals surface area contributed by atoms with Gasteiger partial charge in [-0.05, 0) is 24.8 Å². The van der Waals surface area contributed by atoms with Crippen molar-refractivity contribution in [3.05, 3.63) is 40.9 Å². The standard InChI is InChI=1S/C15H18N2S/c1-2-3-11-4-6-12(7-5-11)14-17-13(10-18-14)15(16)8-9-15/h4-7,10H,2-3,8-9,16H2,1H3. The monoisotopic (exact) mass is 258 g/mol. The molecule has 94 valence electrons. The lowest BCUT2D eigenvalue weighted by Gasteiger charge is -2.03. The van der Waals surface area contributed by atoms with Crippen molar-refractivity contribution in [1.29, 1.82) is 0 Å². The third-order valence-corrected chi connectivity index (χ3v) is 4.43. The molecule has 1 aliphatic rings. The van der Waals surface area contributed by atoms with Crippen molar-refractivity contribution in [2.45, 2.75) is 38.1 Å². The summed E-state index contributed by atoms with van der Waals surface area (Å²) in [5.41, 5.74) is 9.73. The van der Waals surface area contributed by atoms with E-state index in [1.165, 1.54) is 17.5 Å². The van der Waals surface area contributed by atoms with E-state index in [2.05, 4.69) is 41.6 Å². The van der Waals surface area contributed by atoms with Crippen LogP contribution in [0.2, 0.25) is 0 Å². The molecule has 1 heterocycles. The molecule has 1 aromatic carbocycles. The molecule has 18 heavy (non-hydrogen) atoms. The molecule has 0 aliphatic heterocycles. The summed E-state index contributed by atoms with van der Waals surface area (Å²) >= 11 is 1.70. The van der Waals surface area contributed by atoms with Gasteiger partial charge in [-0.1, -0.05) is 37.6 Å². The molecular weight excluding hydrogens is 240 g/mol. The van der Waals surface area contributed by atoms with Gasteiger partial charge in [-0.15, -0.1) is 11.3 Å². The fraction of sp³-hybridized carbons (Fsp3) is 0.400. The summed E-state index contributed by atoms with van der Waals surface area (Å²) in [5, 5.41) is 3.20. The molecule has 0 bridgehead atoms. The number of nitrogens with two attached hydrogens (primary N) is 1. The third-order valence-electron chi connectivity index (χ3n) is 3.54. The van der Waals surface area contributed by atoms with Crippen molar-refractivity contribution in [3.63, 3.8) is 0 Å². The molecule has 3 heteroatoms. The van der Waals surface area contributed by atoms with Crippen LogP contribution in [0.4, 0.5) is 0 Å². The molecule has 0 spiro atoms. The van der Waals surface area contributed by atoms with Crippen molar-refractivity contribution >= 4 is 11.3 Å². The maximum Gasteiger partial charge on any atom is 0.123 e. The van der Waals surface area contributed by atoms with Crippen LogP contribution < -0.4 is 5.73 Å². The first kappa shape index (κ1) is 11.9. The summed E-state index contributed by atoms with van der Waals surface area (Å²) in [6.07, 6.45) is 4.49. The first-order valence-corrected chi connectivity index (χ1v) is 7.43. The van der Waals surface area contributed by atoms with Crippen molar-refractivity contribution in [3.8, 4) is 10.6 Å². The minimum atomic E-state index is -0.114. The minimum absolute atomic E-state index is 0.114. The normalized spacial score (nSPS) is 16.8. The summed E-state index contributed by atoms with van der Waals surface area (Å²) in [5.74, 6) is 0. The van der Waals surface area contributed by atoms with E-state index in [0.29, 0.717) is 0 Å². The van der Waals surface area contributed by atoms with E-state index in [0.717, 1.165) is 30.0 Å². The van der Waals surface area contributed by atoms with E-state index in [1.54, 1.807) is 11.3 Å². The van der Waals surface area contributed by atoms with Crippen molar-refractivity contribution < 1.29 is 0 Å². The number of aromatic nitrogens is 1. The summed E-state index contributed by atoms with van der Waals surface area (Å²) in [4.78, 5) is 4.68. The van der Waals surface area contributed by atoms with Gasteiger partial charge in [-0.3, -0.25) is 0 Å². The van der Waals surface area contributed by atoms with E-state index < -0.39 is 0 Å². The Morgan fingerprint density at radius 1 is 1.28 bits per heavy atom. The molecule has 1 fully saturated rings. The van der Waals surface area contributed by atoms with Gasteiger partial charge in [0.25, 0.3) is 0 Å². The SMILES string of the molecule is CCCc1ccc(-c2nc(C3(N)CC3)cs2)cc1. The predicted molar refractivity (Wildman–Crippen MR) is 76.6 cm³/mol. The molecule has 0 amide bonds. The van der Waals surface area contributed by atoms with Crippen LogP contribution in [0.3, 0.4) is 0 Å². The molecule has 2 nitrogen and oxygen atoms in total. The summed E-state index contributed by atoms with van der Waals surface area (Å²) in [6, 6.07) is 8.75. The molecule has 0 saturated heterocycles. The van der Waals surface area contributed by atoms with E-state index in [9.17, 15) is 0 Å². The van der Waals surface area contributed by atoms with Crippen molar-refractivity contribution in [1.82, 2.24) is 4.98 Å².